The number of nitrogen functional groups attached to an aromatic ring is 1. The molecule has 3 N–H and O–H groups in total. The van der Waals surface area contributed by atoms with Crippen LogP contribution in [0.4, 0.5) is 5.69 Å². The van der Waals surface area contributed by atoms with Gasteiger partial charge in [-0.15, -0.1) is 12.4 Å². The molecule has 0 fully saturated rings. The van der Waals surface area contributed by atoms with Gasteiger partial charge in [0.1, 0.15) is 0 Å². The number of benzene rings is 1. The van der Waals surface area contributed by atoms with E-state index in [0.717, 1.165) is 0 Å². The molecule has 0 saturated carbocycles. The number of anilines is 1. The lowest BCUT2D eigenvalue weighted by Crippen LogP contribution is -2.22. The highest BCUT2D eigenvalue weighted by atomic mass is 35.5. The number of nitrogens with one attached hydrogen (secondary N) is 1. The summed E-state index contributed by atoms with van der Waals surface area (Å²) in [5.74, 6) is -0.174. The summed E-state index contributed by atoms with van der Waals surface area (Å²) in [5.41, 5.74) is 6.50. The number of carbonyl (C=O) groups excluding carboxylic acids is 1. The van der Waals surface area contributed by atoms with Crippen LogP contribution in [0.5, 0.6) is 0 Å². The molecule has 1 aromatic rings. The Balaban J connectivity index is 0.00000169. The van der Waals surface area contributed by atoms with Crippen LogP contribution in [-0.4, -0.2) is 12.5 Å². The molecule has 0 aromatic heterocycles. The van der Waals surface area contributed by atoms with Crippen molar-refractivity contribution < 1.29 is 4.79 Å². The van der Waals surface area contributed by atoms with Gasteiger partial charge < -0.3 is 11.1 Å². The van der Waals surface area contributed by atoms with E-state index in [9.17, 15) is 4.79 Å². The Morgan fingerprint density at radius 2 is 2.21 bits per heavy atom. The second kappa shape index (κ2) is 5.73. The van der Waals surface area contributed by atoms with Crippen molar-refractivity contribution in [2.24, 2.45) is 0 Å². The Kier molecular flexibility index (Phi) is 5.35. The Labute approximate surface area is 94.0 Å². The van der Waals surface area contributed by atoms with E-state index in [0.29, 0.717) is 22.8 Å². The van der Waals surface area contributed by atoms with Crippen LogP contribution < -0.4 is 11.1 Å². The maximum Gasteiger partial charge on any atom is 0.252 e. The zero-order valence-corrected chi connectivity index (χ0v) is 9.28. The van der Waals surface area contributed by atoms with Crippen molar-refractivity contribution in [1.29, 1.82) is 0 Å². The van der Waals surface area contributed by atoms with Gasteiger partial charge in [-0.1, -0.05) is 11.6 Å². The van der Waals surface area contributed by atoms with Crippen LogP contribution in [-0.2, 0) is 0 Å². The molecule has 0 spiro atoms. The smallest absolute Gasteiger partial charge is 0.252 e. The summed E-state index contributed by atoms with van der Waals surface area (Å²) in [6, 6.07) is 4.82. The van der Waals surface area contributed by atoms with Gasteiger partial charge in [0.2, 0.25) is 0 Å². The highest BCUT2D eigenvalue weighted by Crippen LogP contribution is 2.18. The first kappa shape index (κ1) is 13.1. The lowest BCUT2D eigenvalue weighted by Gasteiger charge is -2.04. The third kappa shape index (κ3) is 3.09. The fraction of sp³-hybridized carbons (Fsp3) is 0.222. The molecule has 0 atom stereocenters. The minimum atomic E-state index is -0.174. The number of nitrogens with two attached hydrogens (primary N) is 1. The van der Waals surface area contributed by atoms with Crippen LogP contribution in [0, 0.1) is 0 Å². The van der Waals surface area contributed by atoms with Crippen LogP contribution in [0.25, 0.3) is 0 Å². The van der Waals surface area contributed by atoms with Crippen molar-refractivity contribution in [3.63, 3.8) is 0 Å². The van der Waals surface area contributed by atoms with E-state index in [-0.39, 0.29) is 18.3 Å². The molecule has 1 amide bonds. The van der Waals surface area contributed by atoms with Crippen molar-refractivity contribution in [1.82, 2.24) is 5.32 Å². The number of rotatable bonds is 2. The third-order valence-corrected chi connectivity index (χ3v) is 1.89. The first-order valence-electron chi connectivity index (χ1n) is 3.98. The lowest BCUT2D eigenvalue weighted by molar-refractivity contribution is 0.0956. The van der Waals surface area contributed by atoms with Gasteiger partial charge in [-0.05, 0) is 25.1 Å². The second-order valence-corrected chi connectivity index (χ2v) is 3.01. The summed E-state index contributed by atoms with van der Waals surface area (Å²) in [4.78, 5) is 11.3. The van der Waals surface area contributed by atoms with E-state index >= 15 is 0 Å². The summed E-state index contributed by atoms with van der Waals surface area (Å²) in [6.07, 6.45) is 0. The summed E-state index contributed by atoms with van der Waals surface area (Å²) >= 11 is 5.82. The second-order valence-electron chi connectivity index (χ2n) is 2.60. The molecule has 0 aliphatic rings. The number of halogens is 2. The van der Waals surface area contributed by atoms with Crippen molar-refractivity contribution in [2.75, 3.05) is 12.3 Å². The van der Waals surface area contributed by atoms with E-state index in [1.54, 1.807) is 18.2 Å². The first-order valence-corrected chi connectivity index (χ1v) is 4.36. The molecule has 1 aromatic carbocycles. The highest BCUT2D eigenvalue weighted by Gasteiger charge is 2.08. The normalized spacial score (nSPS) is 9.00. The van der Waals surface area contributed by atoms with Crippen LogP contribution in [0.1, 0.15) is 17.3 Å². The van der Waals surface area contributed by atoms with Gasteiger partial charge in [-0.3, -0.25) is 4.79 Å². The fourth-order valence-electron chi connectivity index (χ4n) is 0.971. The van der Waals surface area contributed by atoms with E-state index in [1.807, 2.05) is 6.92 Å². The molecule has 0 unspecified atom stereocenters. The van der Waals surface area contributed by atoms with Gasteiger partial charge in [-0.2, -0.15) is 0 Å². The molecule has 14 heavy (non-hydrogen) atoms. The summed E-state index contributed by atoms with van der Waals surface area (Å²) in [7, 11) is 0. The van der Waals surface area contributed by atoms with Gasteiger partial charge in [0.05, 0.1) is 10.6 Å². The molecular weight excluding hydrogens is 223 g/mol. The van der Waals surface area contributed by atoms with Crippen LogP contribution in [0.3, 0.4) is 0 Å². The lowest BCUT2D eigenvalue weighted by atomic mass is 10.2. The number of amides is 1. The molecule has 5 heteroatoms. The minimum Gasteiger partial charge on any atom is -0.399 e. The topological polar surface area (TPSA) is 55.1 Å². The average Bonchev–Trinajstić information content (AvgIpc) is 2.04. The summed E-state index contributed by atoms with van der Waals surface area (Å²) < 4.78 is 0. The van der Waals surface area contributed by atoms with E-state index in [2.05, 4.69) is 5.32 Å². The van der Waals surface area contributed by atoms with Crippen molar-refractivity contribution in [3.8, 4) is 0 Å². The highest BCUT2D eigenvalue weighted by molar-refractivity contribution is 6.34. The first-order chi connectivity index (χ1) is 6.15. The Hall–Kier alpha value is -0.930. The van der Waals surface area contributed by atoms with Gasteiger partial charge in [0, 0.05) is 12.2 Å². The van der Waals surface area contributed by atoms with Gasteiger partial charge in [-0.25, -0.2) is 0 Å². The van der Waals surface area contributed by atoms with Crippen molar-refractivity contribution >= 4 is 35.6 Å². The molecular formula is C9H12Cl2N2O. The Morgan fingerprint density at radius 1 is 1.57 bits per heavy atom. The molecule has 0 radical (unpaired) electrons. The standard InChI is InChI=1S/C9H11ClN2O.ClH/c1-2-12-9(13)7-4-3-6(11)5-8(7)10;/h3-5H,2,11H2,1H3,(H,12,13);1H. The number of hydrogen-bond donors (Lipinski definition) is 2. The van der Waals surface area contributed by atoms with Crippen LogP contribution in [0.15, 0.2) is 18.2 Å². The predicted octanol–water partition coefficient (Wildman–Crippen LogP) is 2.09. The zero-order valence-electron chi connectivity index (χ0n) is 7.71. The SMILES string of the molecule is CCNC(=O)c1ccc(N)cc1Cl.Cl. The molecule has 1 rings (SSSR count). The van der Waals surface area contributed by atoms with Crippen molar-refractivity contribution in [3.05, 3.63) is 28.8 Å². The third-order valence-electron chi connectivity index (χ3n) is 1.58. The average molecular weight is 235 g/mol. The minimum absolute atomic E-state index is 0. The monoisotopic (exact) mass is 234 g/mol. The fourth-order valence-corrected chi connectivity index (χ4v) is 1.25. The molecule has 0 heterocycles. The van der Waals surface area contributed by atoms with Gasteiger partial charge in [0.15, 0.2) is 0 Å². The molecule has 0 saturated heterocycles. The number of hydrogen-bond acceptors (Lipinski definition) is 2. The van der Waals surface area contributed by atoms with Crippen molar-refractivity contribution in [2.45, 2.75) is 6.92 Å². The number of carbonyl (C=O) groups is 1. The Morgan fingerprint density at radius 3 is 2.71 bits per heavy atom. The van der Waals surface area contributed by atoms with Crippen LogP contribution in [0.2, 0.25) is 5.02 Å². The quantitative estimate of drug-likeness (QED) is 0.771. The van der Waals surface area contributed by atoms with E-state index in [4.69, 9.17) is 17.3 Å². The summed E-state index contributed by atoms with van der Waals surface area (Å²) in [6.45, 7) is 2.43. The van der Waals surface area contributed by atoms with Gasteiger partial charge >= 0.3 is 0 Å². The molecule has 0 aliphatic heterocycles. The Bertz CT molecular complexity index is 329. The maximum absolute atomic E-state index is 11.3. The maximum atomic E-state index is 11.3. The molecule has 78 valence electrons. The zero-order chi connectivity index (χ0) is 9.84. The van der Waals surface area contributed by atoms with Gasteiger partial charge in [0.25, 0.3) is 5.91 Å². The van der Waals surface area contributed by atoms with Crippen LogP contribution >= 0.6 is 24.0 Å². The predicted molar refractivity (Wildman–Crippen MR) is 61.1 cm³/mol. The molecule has 0 aliphatic carbocycles. The largest absolute Gasteiger partial charge is 0.399 e. The molecule has 3 nitrogen and oxygen atoms in total. The van der Waals surface area contributed by atoms with E-state index in [1.165, 1.54) is 0 Å². The summed E-state index contributed by atoms with van der Waals surface area (Å²) in [5, 5.41) is 3.04. The molecule has 0 bridgehead atoms. The van der Waals surface area contributed by atoms with E-state index < -0.39 is 0 Å².